The van der Waals surface area contributed by atoms with E-state index in [4.69, 9.17) is 0 Å². The van der Waals surface area contributed by atoms with E-state index in [2.05, 4.69) is 10.2 Å². The molecule has 0 saturated carbocycles. The lowest BCUT2D eigenvalue weighted by molar-refractivity contribution is -0.0494. The topological polar surface area (TPSA) is 51.0 Å². The number of rotatable bonds is 3. The molecule has 5 nitrogen and oxygen atoms in total. The highest BCUT2D eigenvalue weighted by molar-refractivity contribution is 5.94. The first-order chi connectivity index (χ1) is 13.0. The number of halogens is 2. The Morgan fingerprint density at radius 3 is 2.26 bits per heavy atom. The molecule has 1 amide bonds. The fourth-order valence-electron chi connectivity index (χ4n) is 3.20. The lowest BCUT2D eigenvalue weighted by Crippen LogP contribution is -2.42. The number of piperidine rings is 1. The largest absolute Gasteiger partial charge is 0.338 e. The molecule has 1 aliphatic rings. The van der Waals surface area contributed by atoms with Gasteiger partial charge < -0.3 is 4.90 Å². The maximum absolute atomic E-state index is 13.3. The zero-order chi connectivity index (χ0) is 18.9. The van der Waals surface area contributed by atoms with Crippen LogP contribution < -0.4 is 0 Å². The van der Waals surface area contributed by atoms with Crippen LogP contribution in [-0.2, 0) is 0 Å². The van der Waals surface area contributed by atoms with Gasteiger partial charge in [-0.3, -0.25) is 9.36 Å². The summed E-state index contributed by atoms with van der Waals surface area (Å²) in [7, 11) is 0. The van der Waals surface area contributed by atoms with Crippen molar-refractivity contribution in [1.29, 1.82) is 0 Å². The molecule has 1 aliphatic heterocycles. The summed E-state index contributed by atoms with van der Waals surface area (Å²) in [6.45, 7) is 0.184. The number of hydrogen-bond donors (Lipinski definition) is 0. The van der Waals surface area contributed by atoms with Gasteiger partial charge in [0.15, 0.2) is 0 Å². The quantitative estimate of drug-likeness (QED) is 0.706. The van der Waals surface area contributed by atoms with Gasteiger partial charge in [-0.05, 0) is 35.4 Å². The molecule has 3 aromatic rings. The number of carbonyl (C=O) groups is 1. The summed E-state index contributed by atoms with van der Waals surface area (Å²) in [6, 6.07) is 15.1. The van der Waals surface area contributed by atoms with Crippen LogP contribution in [0.15, 0.2) is 61.2 Å². The molecule has 0 spiro atoms. The van der Waals surface area contributed by atoms with Crippen LogP contribution in [0.1, 0.15) is 23.2 Å². The van der Waals surface area contributed by atoms with Crippen LogP contribution in [0.2, 0.25) is 0 Å². The van der Waals surface area contributed by atoms with Crippen LogP contribution >= 0.6 is 0 Å². The van der Waals surface area contributed by atoms with Gasteiger partial charge in [-0.1, -0.05) is 24.3 Å². The summed E-state index contributed by atoms with van der Waals surface area (Å²) in [5.74, 6) is -2.86. The Kier molecular flexibility index (Phi) is 4.43. The second kappa shape index (κ2) is 6.90. The van der Waals surface area contributed by atoms with Crippen molar-refractivity contribution in [3.63, 3.8) is 0 Å². The van der Waals surface area contributed by atoms with Crippen molar-refractivity contribution in [2.45, 2.75) is 18.8 Å². The summed E-state index contributed by atoms with van der Waals surface area (Å²) < 4.78 is 28.4. The molecule has 2 heterocycles. The van der Waals surface area contributed by atoms with E-state index in [9.17, 15) is 13.6 Å². The van der Waals surface area contributed by atoms with Crippen LogP contribution in [0.4, 0.5) is 8.78 Å². The molecule has 138 valence electrons. The number of likely N-dealkylation sites (tertiary alicyclic amines) is 1. The van der Waals surface area contributed by atoms with Gasteiger partial charge in [0.1, 0.15) is 12.7 Å². The second-order valence-corrected chi connectivity index (χ2v) is 6.64. The fourth-order valence-corrected chi connectivity index (χ4v) is 3.20. The maximum atomic E-state index is 13.3. The van der Waals surface area contributed by atoms with Gasteiger partial charge in [-0.15, -0.1) is 10.2 Å². The van der Waals surface area contributed by atoms with E-state index >= 15 is 0 Å². The summed E-state index contributed by atoms with van der Waals surface area (Å²) in [6.07, 6.45) is 2.71. The molecule has 0 radical (unpaired) electrons. The van der Waals surface area contributed by atoms with Crippen LogP contribution in [0, 0.1) is 0 Å². The number of alkyl halides is 2. The predicted octanol–water partition coefficient (Wildman–Crippen LogP) is 3.81. The summed E-state index contributed by atoms with van der Waals surface area (Å²) in [4.78, 5) is 14.0. The average Bonchev–Trinajstić information content (AvgIpc) is 3.23. The van der Waals surface area contributed by atoms with Crippen molar-refractivity contribution < 1.29 is 13.6 Å². The average molecular weight is 368 g/mol. The van der Waals surface area contributed by atoms with Crippen molar-refractivity contribution in [1.82, 2.24) is 19.7 Å². The van der Waals surface area contributed by atoms with Gasteiger partial charge in [0.05, 0.1) is 0 Å². The van der Waals surface area contributed by atoms with Gasteiger partial charge in [-0.25, -0.2) is 8.78 Å². The number of hydrogen-bond acceptors (Lipinski definition) is 3. The van der Waals surface area contributed by atoms with Gasteiger partial charge >= 0.3 is 0 Å². The highest BCUT2D eigenvalue weighted by Gasteiger charge is 2.35. The van der Waals surface area contributed by atoms with Crippen LogP contribution in [0.3, 0.4) is 0 Å². The van der Waals surface area contributed by atoms with Crippen molar-refractivity contribution in [3.05, 3.63) is 66.7 Å². The van der Waals surface area contributed by atoms with Crippen LogP contribution in [0.25, 0.3) is 16.8 Å². The standard InChI is InChI=1S/C20H18F2N4O/c21-20(22)8-10-25(11-9-20)19(27)16-6-4-15(5-7-16)17-2-1-3-18(12-17)26-13-23-24-14-26/h1-7,12-14H,8-11H2. The lowest BCUT2D eigenvalue weighted by Gasteiger charge is -2.31. The molecule has 0 aliphatic carbocycles. The van der Waals surface area contributed by atoms with Gasteiger partial charge in [0, 0.05) is 37.2 Å². The molecule has 0 atom stereocenters. The number of benzene rings is 2. The minimum absolute atomic E-state index is 0.0918. The van der Waals surface area contributed by atoms with E-state index in [-0.39, 0.29) is 31.8 Å². The number of amides is 1. The maximum Gasteiger partial charge on any atom is 0.253 e. The molecule has 1 saturated heterocycles. The fraction of sp³-hybridized carbons (Fsp3) is 0.250. The smallest absolute Gasteiger partial charge is 0.253 e. The van der Waals surface area contributed by atoms with Gasteiger partial charge in [-0.2, -0.15) is 0 Å². The highest BCUT2D eigenvalue weighted by Crippen LogP contribution is 2.29. The summed E-state index contributed by atoms with van der Waals surface area (Å²) in [5.41, 5.74) is 3.41. The van der Waals surface area contributed by atoms with Crippen molar-refractivity contribution >= 4 is 5.91 Å². The molecule has 2 aromatic carbocycles. The third kappa shape index (κ3) is 3.72. The molecule has 0 unspecified atom stereocenters. The molecule has 27 heavy (non-hydrogen) atoms. The van der Waals surface area contributed by atoms with Gasteiger partial charge in [0.2, 0.25) is 0 Å². The van der Waals surface area contributed by atoms with Crippen molar-refractivity contribution in [3.8, 4) is 16.8 Å². The molecule has 0 N–H and O–H groups in total. The normalized spacial score (nSPS) is 16.3. The first-order valence-corrected chi connectivity index (χ1v) is 8.74. The first kappa shape index (κ1) is 17.3. The Labute approximate surface area is 155 Å². The Bertz CT molecular complexity index is 929. The van der Waals surface area contributed by atoms with Crippen LogP contribution in [-0.4, -0.2) is 44.6 Å². The van der Waals surface area contributed by atoms with Gasteiger partial charge in [0.25, 0.3) is 11.8 Å². The predicted molar refractivity (Wildman–Crippen MR) is 96.9 cm³/mol. The second-order valence-electron chi connectivity index (χ2n) is 6.64. The van der Waals surface area contributed by atoms with E-state index in [0.717, 1.165) is 16.8 Å². The van der Waals surface area contributed by atoms with E-state index in [1.807, 2.05) is 41.0 Å². The molecule has 4 rings (SSSR count). The van der Waals surface area contributed by atoms with E-state index in [1.165, 1.54) is 4.90 Å². The third-order valence-corrected chi connectivity index (χ3v) is 4.81. The Morgan fingerprint density at radius 2 is 1.59 bits per heavy atom. The van der Waals surface area contributed by atoms with Crippen molar-refractivity contribution in [2.75, 3.05) is 13.1 Å². The Morgan fingerprint density at radius 1 is 0.926 bits per heavy atom. The molecule has 1 aromatic heterocycles. The Balaban J connectivity index is 1.51. The van der Waals surface area contributed by atoms with Crippen LogP contribution in [0.5, 0.6) is 0 Å². The van der Waals surface area contributed by atoms with E-state index in [0.29, 0.717) is 5.56 Å². The lowest BCUT2D eigenvalue weighted by atomic mass is 10.0. The zero-order valence-corrected chi connectivity index (χ0v) is 14.6. The molecular formula is C20H18F2N4O. The minimum atomic E-state index is -2.66. The highest BCUT2D eigenvalue weighted by atomic mass is 19.3. The molecular weight excluding hydrogens is 350 g/mol. The molecule has 7 heteroatoms. The van der Waals surface area contributed by atoms with E-state index in [1.54, 1.807) is 24.8 Å². The molecule has 1 fully saturated rings. The summed E-state index contributed by atoms with van der Waals surface area (Å²) >= 11 is 0. The number of carbonyl (C=O) groups excluding carboxylic acids is 1. The monoisotopic (exact) mass is 368 g/mol. The Hall–Kier alpha value is -3.09. The summed E-state index contributed by atoms with van der Waals surface area (Å²) in [5, 5.41) is 7.62. The third-order valence-electron chi connectivity index (χ3n) is 4.81. The SMILES string of the molecule is O=C(c1ccc(-c2cccc(-n3cnnc3)c2)cc1)N1CCC(F)(F)CC1. The minimum Gasteiger partial charge on any atom is -0.338 e. The number of nitrogens with zero attached hydrogens (tertiary/aromatic N) is 4. The number of aromatic nitrogens is 3. The first-order valence-electron chi connectivity index (χ1n) is 8.74. The van der Waals surface area contributed by atoms with Crippen molar-refractivity contribution in [2.24, 2.45) is 0 Å². The molecule has 0 bridgehead atoms. The zero-order valence-electron chi connectivity index (χ0n) is 14.6. The van der Waals surface area contributed by atoms with E-state index < -0.39 is 5.92 Å².